The first-order valence-electron chi connectivity index (χ1n) is 7.45. The van der Waals surface area contributed by atoms with E-state index in [1.54, 1.807) is 0 Å². The maximum absolute atomic E-state index is 12.5. The van der Waals surface area contributed by atoms with Crippen LogP contribution < -0.4 is 0 Å². The fourth-order valence-corrected chi connectivity index (χ4v) is 4.00. The lowest BCUT2D eigenvalue weighted by molar-refractivity contribution is -0.138. The summed E-state index contributed by atoms with van der Waals surface area (Å²) in [5, 5.41) is 2.23. The Morgan fingerprint density at radius 2 is 0.955 bits per heavy atom. The van der Waals surface area contributed by atoms with Crippen LogP contribution in [0, 0.1) is 0 Å². The molecule has 2 nitrogen and oxygen atoms in total. The first kappa shape index (κ1) is 11.9. The highest BCUT2D eigenvalue weighted by atomic mass is 16.2. The van der Waals surface area contributed by atoms with E-state index in [9.17, 15) is 9.59 Å². The van der Waals surface area contributed by atoms with Gasteiger partial charge in [0, 0.05) is 0 Å². The first-order valence-corrected chi connectivity index (χ1v) is 7.45. The van der Waals surface area contributed by atoms with Crippen molar-refractivity contribution in [2.45, 2.75) is 11.8 Å². The van der Waals surface area contributed by atoms with Crippen LogP contribution in [0.5, 0.6) is 0 Å². The second kappa shape index (κ2) is 3.92. The van der Waals surface area contributed by atoms with Gasteiger partial charge in [-0.25, -0.2) is 0 Å². The summed E-state index contributed by atoms with van der Waals surface area (Å²) >= 11 is 0. The number of fused-ring (bicyclic) bond motifs is 2. The highest BCUT2D eigenvalue weighted by molar-refractivity contribution is 6.45. The number of rotatable bonds is 0. The molecule has 2 atom stereocenters. The maximum Gasteiger partial charge on any atom is 0.211 e. The van der Waals surface area contributed by atoms with E-state index in [-0.39, 0.29) is 11.6 Å². The van der Waals surface area contributed by atoms with Gasteiger partial charge in [0.05, 0.1) is 11.8 Å². The summed E-state index contributed by atoms with van der Waals surface area (Å²) in [5.74, 6) is -1.36. The molecule has 3 aromatic rings. The van der Waals surface area contributed by atoms with Crippen LogP contribution in [0.15, 0.2) is 60.7 Å². The summed E-state index contributed by atoms with van der Waals surface area (Å²) in [7, 11) is 0. The van der Waals surface area contributed by atoms with E-state index in [4.69, 9.17) is 0 Å². The molecule has 0 saturated heterocycles. The number of Topliss-reactive ketones (excluding diaryl/α,β-unsaturated/α-hetero) is 2. The molecule has 3 aliphatic rings. The molecule has 6 rings (SSSR count). The van der Waals surface area contributed by atoms with Gasteiger partial charge in [-0.3, -0.25) is 9.59 Å². The third kappa shape index (κ3) is 1.30. The fraction of sp³-hybridized carbons (Fsp3) is 0.100. The minimum absolute atomic E-state index is 0.258. The summed E-state index contributed by atoms with van der Waals surface area (Å²) in [6.07, 6.45) is 0. The molecule has 0 fully saturated rings. The van der Waals surface area contributed by atoms with Gasteiger partial charge in [-0.2, -0.15) is 0 Å². The Morgan fingerprint density at radius 3 is 1.41 bits per heavy atom. The molecule has 104 valence electrons. The monoisotopic (exact) mass is 284 g/mol. The molecule has 3 aromatic carbocycles. The van der Waals surface area contributed by atoms with Crippen molar-refractivity contribution >= 4 is 22.3 Å². The van der Waals surface area contributed by atoms with Crippen LogP contribution in [0.4, 0.5) is 0 Å². The van der Waals surface area contributed by atoms with Gasteiger partial charge in [0.2, 0.25) is 11.6 Å². The van der Waals surface area contributed by atoms with Gasteiger partial charge in [0.1, 0.15) is 0 Å². The highest BCUT2D eigenvalue weighted by Crippen LogP contribution is 2.50. The Bertz CT molecular complexity index is 904. The number of hydrogen-bond donors (Lipinski definition) is 0. The van der Waals surface area contributed by atoms with Crippen molar-refractivity contribution in [2.75, 3.05) is 0 Å². The van der Waals surface area contributed by atoms with Gasteiger partial charge >= 0.3 is 0 Å². The van der Waals surface area contributed by atoms with Crippen molar-refractivity contribution in [1.29, 1.82) is 0 Å². The number of benzene rings is 3. The van der Waals surface area contributed by atoms with Gasteiger partial charge in [-0.1, -0.05) is 48.5 Å². The molecule has 0 saturated carbocycles. The molecule has 0 heterocycles. The van der Waals surface area contributed by atoms with Crippen molar-refractivity contribution in [2.24, 2.45) is 0 Å². The first-order chi connectivity index (χ1) is 10.8. The van der Waals surface area contributed by atoms with Crippen LogP contribution in [0.25, 0.3) is 10.8 Å². The predicted octanol–water partition coefficient (Wildman–Crippen LogP) is 3.57. The van der Waals surface area contributed by atoms with Crippen molar-refractivity contribution < 1.29 is 9.59 Å². The summed E-state index contributed by atoms with van der Waals surface area (Å²) in [5.41, 5.74) is 4.01. The van der Waals surface area contributed by atoms with E-state index < -0.39 is 11.8 Å². The van der Waals surface area contributed by atoms with Crippen LogP contribution in [0.1, 0.15) is 34.1 Å². The summed E-state index contributed by atoms with van der Waals surface area (Å²) in [6, 6.07) is 20.1. The largest absolute Gasteiger partial charge is 0.290 e. The highest BCUT2D eigenvalue weighted by Gasteiger charge is 2.48. The molecular weight excluding hydrogens is 272 g/mol. The summed E-state index contributed by atoms with van der Waals surface area (Å²) in [6.45, 7) is 0. The Labute approximate surface area is 127 Å². The number of carbonyl (C=O) groups is 2. The second-order valence-corrected chi connectivity index (χ2v) is 6.05. The zero-order valence-electron chi connectivity index (χ0n) is 11.7. The van der Waals surface area contributed by atoms with Crippen molar-refractivity contribution in [3.63, 3.8) is 0 Å². The maximum atomic E-state index is 12.5. The summed E-state index contributed by atoms with van der Waals surface area (Å²) in [4.78, 5) is 25.0. The number of ketones is 2. The van der Waals surface area contributed by atoms with Crippen molar-refractivity contribution in [3.05, 3.63) is 82.9 Å². The third-order valence-corrected chi connectivity index (χ3v) is 4.96. The molecule has 0 aliphatic heterocycles. The molecule has 2 unspecified atom stereocenters. The van der Waals surface area contributed by atoms with E-state index >= 15 is 0 Å². The van der Waals surface area contributed by atoms with E-state index in [0.29, 0.717) is 0 Å². The van der Waals surface area contributed by atoms with Crippen LogP contribution in [0.3, 0.4) is 0 Å². The average Bonchev–Trinajstić information content (AvgIpc) is 2.56. The van der Waals surface area contributed by atoms with Gasteiger partial charge in [0.25, 0.3) is 0 Å². The lowest BCUT2D eigenvalue weighted by Gasteiger charge is -2.38. The normalized spacial score (nSPS) is 21.8. The molecular formula is C20H12O2. The van der Waals surface area contributed by atoms with Crippen molar-refractivity contribution in [3.8, 4) is 0 Å². The van der Waals surface area contributed by atoms with E-state index in [0.717, 1.165) is 33.0 Å². The smallest absolute Gasteiger partial charge is 0.211 e. The van der Waals surface area contributed by atoms with E-state index in [1.807, 2.05) is 36.4 Å². The quantitative estimate of drug-likeness (QED) is 0.591. The van der Waals surface area contributed by atoms with Crippen LogP contribution >= 0.6 is 0 Å². The Hall–Kier alpha value is -2.74. The lowest BCUT2D eigenvalue weighted by atomic mass is 9.62. The zero-order valence-corrected chi connectivity index (χ0v) is 11.7. The Morgan fingerprint density at radius 1 is 0.545 bits per heavy atom. The molecule has 0 aromatic heterocycles. The fourth-order valence-electron chi connectivity index (χ4n) is 4.00. The Balaban J connectivity index is 1.91. The van der Waals surface area contributed by atoms with Crippen LogP contribution in [0.2, 0.25) is 0 Å². The molecule has 0 N–H and O–H groups in total. The minimum atomic E-state index is -0.423. The Kier molecular flexibility index (Phi) is 2.11. The van der Waals surface area contributed by atoms with Gasteiger partial charge in [-0.15, -0.1) is 0 Å². The zero-order chi connectivity index (χ0) is 14.8. The standard InChI is InChI=1S/C20H12O2/c21-19-17-13-7-3-4-8-14(13)18(20(19)22)16-10-12-6-2-1-5-11(12)9-15(16)17/h1-10,17-18H. The van der Waals surface area contributed by atoms with Crippen molar-refractivity contribution in [1.82, 2.24) is 0 Å². The van der Waals surface area contributed by atoms with Gasteiger partial charge < -0.3 is 0 Å². The number of hydrogen-bond acceptors (Lipinski definition) is 2. The average molecular weight is 284 g/mol. The van der Waals surface area contributed by atoms with Crippen LogP contribution in [-0.4, -0.2) is 11.6 Å². The third-order valence-electron chi connectivity index (χ3n) is 4.96. The molecule has 22 heavy (non-hydrogen) atoms. The minimum Gasteiger partial charge on any atom is -0.290 e. The molecule has 2 heteroatoms. The summed E-state index contributed by atoms with van der Waals surface area (Å²) < 4.78 is 0. The molecule has 0 amide bonds. The predicted molar refractivity (Wildman–Crippen MR) is 84.1 cm³/mol. The number of carbonyl (C=O) groups excluding carboxylic acids is 2. The molecule has 2 bridgehead atoms. The SMILES string of the molecule is O=C1C(=O)C2c3ccccc3C1c1cc3ccccc3cc12. The topological polar surface area (TPSA) is 34.1 Å². The lowest BCUT2D eigenvalue weighted by Crippen LogP contribution is -2.40. The molecule has 3 aliphatic carbocycles. The second-order valence-electron chi connectivity index (χ2n) is 6.05. The van der Waals surface area contributed by atoms with E-state index in [1.165, 1.54) is 0 Å². The van der Waals surface area contributed by atoms with Crippen LogP contribution in [-0.2, 0) is 9.59 Å². The van der Waals surface area contributed by atoms with Gasteiger partial charge in [0.15, 0.2) is 0 Å². The molecule has 0 radical (unpaired) electrons. The van der Waals surface area contributed by atoms with E-state index in [2.05, 4.69) is 24.3 Å². The molecule has 0 spiro atoms. The van der Waals surface area contributed by atoms with Gasteiger partial charge in [-0.05, 0) is 45.2 Å².